The molecule has 0 bridgehead atoms. The third-order valence-corrected chi connectivity index (χ3v) is 5.23. The average Bonchev–Trinajstić information content (AvgIpc) is 3.14. The molecule has 2 heterocycles. The zero-order valence-corrected chi connectivity index (χ0v) is 18.9. The van der Waals surface area contributed by atoms with Crippen LogP contribution in [0.5, 0.6) is 0 Å². The van der Waals surface area contributed by atoms with Gasteiger partial charge < -0.3 is 15.5 Å². The van der Waals surface area contributed by atoms with E-state index in [1.807, 2.05) is 39.0 Å². The topological polar surface area (TPSA) is 86.2 Å². The molecule has 1 fully saturated rings. The first-order chi connectivity index (χ1) is 15.0. The SMILES string of the molecule is CC.Cc1cccc(N(C)C(=O)C2C(N)CCN2c2nc(C)cc(C(F)(F)F)c2C#N)c1. The Morgan fingerprint density at radius 2 is 1.94 bits per heavy atom. The molecule has 32 heavy (non-hydrogen) atoms. The molecule has 9 heteroatoms. The predicted molar refractivity (Wildman–Crippen MR) is 118 cm³/mol. The van der Waals surface area contributed by atoms with Crippen LogP contribution in [0.3, 0.4) is 0 Å². The lowest BCUT2D eigenvalue weighted by Gasteiger charge is -2.31. The Morgan fingerprint density at radius 1 is 1.28 bits per heavy atom. The summed E-state index contributed by atoms with van der Waals surface area (Å²) in [7, 11) is 1.59. The molecule has 3 rings (SSSR count). The summed E-state index contributed by atoms with van der Waals surface area (Å²) in [5.74, 6) is -0.528. The summed E-state index contributed by atoms with van der Waals surface area (Å²) in [5, 5.41) is 9.48. The van der Waals surface area contributed by atoms with Gasteiger partial charge in [0.05, 0.1) is 5.56 Å². The zero-order chi connectivity index (χ0) is 24.2. The maximum Gasteiger partial charge on any atom is 0.417 e. The van der Waals surface area contributed by atoms with Crippen molar-refractivity contribution in [1.82, 2.24) is 4.98 Å². The lowest BCUT2D eigenvalue weighted by atomic mass is 10.1. The highest BCUT2D eigenvalue weighted by atomic mass is 19.4. The number of carbonyl (C=O) groups is 1. The number of hydrogen-bond acceptors (Lipinski definition) is 5. The molecule has 0 saturated carbocycles. The van der Waals surface area contributed by atoms with Crippen molar-refractivity contribution in [2.75, 3.05) is 23.4 Å². The highest BCUT2D eigenvalue weighted by Gasteiger charge is 2.43. The summed E-state index contributed by atoms with van der Waals surface area (Å²) in [6.45, 7) is 7.54. The molecule has 0 aliphatic carbocycles. The largest absolute Gasteiger partial charge is 0.417 e. The van der Waals surface area contributed by atoms with Crippen molar-refractivity contribution < 1.29 is 18.0 Å². The Bertz CT molecular complexity index is 1020. The first-order valence-electron chi connectivity index (χ1n) is 10.4. The number of likely N-dealkylation sites (N-methyl/N-ethyl adjacent to an activating group) is 1. The fourth-order valence-corrected chi connectivity index (χ4v) is 3.73. The Kier molecular flexibility index (Phi) is 7.86. The molecule has 2 unspecified atom stereocenters. The zero-order valence-electron chi connectivity index (χ0n) is 18.9. The number of rotatable bonds is 3. The molecule has 1 amide bonds. The second-order valence-corrected chi connectivity index (χ2v) is 7.45. The number of benzene rings is 1. The molecule has 2 atom stereocenters. The van der Waals surface area contributed by atoms with Gasteiger partial charge in [0.25, 0.3) is 5.91 Å². The third-order valence-electron chi connectivity index (χ3n) is 5.23. The van der Waals surface area contributed by atoms with Crippen molar-refractivity contribution in [3.8, 4) is 6.07 Å². The van der Waals surface area contributed by atoms with Crippen molar-refractivity contribution in [3.63, 3.8) is 0 Å². The Balaban J connectivity index is 0.00000176. The van der Waals surface area contributed by atoms with Crippen LogP contribution in [0.15, 0.2) is 30.3 Å². The molecule has 172 valence electrons. The lowest BCUT2D eigenvalue weighted by Crippen LogP contribution is -2.52. The van der Waals surface area contributed by atoms with E-state index >= 15 is 0 Å². The summed E-state index contributed by atoms with van der Waals surface area (Å²) >= 11 is 0. The van der Waals surface area contributed by atoms with Gasteiger partial charge in [-0.05, 0) is 44.0 Å². The number of nitriles is 1. The molecular weight excluding hydrogens is 419 g/mol. The van der Waals surface area contributed by atoms with Crippen LogP contribution in [-0.2, 0) is 11.0 Å². The third kappa shape index (κ3) is 5.02. The monoisotopic (exact) mass is 447 g/mol. The van der Waals surface area contributed by atoms with Crippen molar-refractivity contribution >= 4 is 17.4 Å². The Labute approximate surface area is 186 Å². The summed E-state index contributed by atoms with van der Waals surface area (Å²) < 4.78 is 40.5. The van der Waals surface area contributed by atoms with E-state index < -0.39 is 29.4 Å². The lowest BCUT2D eigenvalue weighted by molar-refractivity contribution is -0.137. The molecule has 0 radical (unpaired) electrons. The minimum atomic E-state index is -4.72. The van der Waals surface area contributed by atoms with E-state index in [1.54, 1.807) is 19.2 Å². The molecule has 2 N–H and O–H groups in total. The molecule has 1 aliphatic heterocycles. The normalized spacial score (nSPS) is 17.9. The maximum atomic E-state index is 13.5. The molecule has 1 aromatic heterocycles. The fourth-order valence-electron chi connectivity index (χ4n) is 3.73. The maximum absolute atomic E-state index is 13.5. The number of alkyl halides is 3. The van der Waals surface area contributed by atoms with E-state index in [0.29, 0.717) is 12.1 Å². The smallest absolute Gasteiger partial charge is 0.342 e. The standard InChI is InChI=1S/C21H22F3N5O.C2H6/c1-12-5-4-6-14(9-12)28(3)20(30)18-17(26)7-8-29(18)19-15(11-25)16(21(22,23)24)10-13(2)27-19;1-2/h4-6,9-10,17-18H,7-8,26H2,1-3H3;1-2H3. The minimum absolute atomic E-state index is 0.107. The van der Waals surface area contributed by atoms with Crippen LogP contribution in [-0.4, -0.2) is 36.6 Å². The summed E-state index contributed by atoms with van der Waals surface area (Å²) in [5.41, 5.74) is 6.23. The second kappa shape index (κ2) is 10.0. The van der Waals surface area contributed by atoms with E-state index in [4.69, 9.17) is 5.73 Å². The van der Waals surface area contributed by atoms with Crippen molar-refractivity contribution in [3.05, 3.63) is 52.7 Å². The number of halogens is 3. The second-order valence-electron chi connectivity index (χ2n) is 7.45. The van der Waals surface area contributed by atoms with Crippen molar-refractivity contribution in [1.29, 1.82) is 5.26 Å². The van der Waals surface area contributed by atoms with E-state index in [9.17, 15) is 23.2 Å². The average molecular weight is 448 g/mol. The number of hydrogen-bond donors (Lipinski definition) is 1. The number of aryl methyl sites for hydroxylation is 2. The molecule has 1 aliphatic rings. The molecule has 1 aromatic carbocycles. The van der Waals surface area contributed by atoms with Gasteiger partial charge in [0.2, 0.25) is 0 Å². The van der Waals surface area contributed by atoms with Crippen LogP contribution < -0.4 is 15.5 Å². The van der Waals surface area contributed by atoms with Gasteiger partial charge in [0.15, 0.2) is 0 Å². The van der Waals surface area contributed by atoms with Crippen LogP contribution in [0.2, 0.25) is 0 Å². The van der Waals surface area contributed by atoms with Crippen molar-refractivity contribution in [2.45, 2.75) is 52.4 Å². The van der Waals surface area contributed by atoms with Gasteiger partial charge in [-0.3, -0.25) is 4.79 Å². The minimum Gasteiger partial charge on any atom is -0.342 e. The van der Waals surface area contributed by atoms with Crippen LogP contribution in [0, 0.1) is 25.2 Å². The number of amides is 1. The summed E-state index contributed by atoms with van der Waals surface area (Å²) in [6, 6.07) is 8.23. The fraction of sp³-hybridized carbons (Fsp3) is 0.435. The summed E-state index contributed by atoms with van der Waals surface area (Å²) in [6.07, 6.45) is -4.33. The number of carbonyl (C=O) groups excluding carboxylic acids is 1. The molecular formula is C23H28F3N5O. The number of nitrogens with zero attached hydrogens (tertiary/aromatic N) is 4. The van der Waals surface area contributed by atoms with E-state index in [2.05, 4.69) is 4.98 Å². The van der Waals surface area contributed by atoms with Gasteiger partial charge in [-0.15, -0.1) is 0 Å². The molecule has 2 aromatic rings. The van der Waals surface area contributed by atoms with Gasteiger partial charge in [-0.25, -0.2) is 4.98 Å². The van der Waals surface area contributed by atoms with Crippen LogP contribution in [0.1, 0.15) is 42.7 Å². The van der Waals surface area contributed by atoms with E-state index in [-0.39, 0.29) is 24.0 Å². The van der Waals surface area contributed by atoms with Crippen LogP contribution in [0.4, 0.5) is 24.7 Å². The molecule has 0 spiro atoms. The van der Waals surface area contributed by atoms with Crippen molar-refractivity contribution in [2.24, 2.45) is 5.73 Å². The number of anilines is 2. The number of aromatic nitrogens is 1. The first-order valence-corrected chi connectivity index (χ1v) is 10.4. The van der Waals surface area contributed by atoms with E-state index in [0.717, 1.165) is 11.6 Å². The van der Waals surface area contributed by atoms with Gasteiger partial charge in [0, 0.05) is 31.0 Å². The highest BCUT2D eigenvalue weighted by molar-refractivity contribution is 5.99. The number of pyridine rings is 1. The van der Waals surface area contributed by atoms with Gasteiger partial charge in [-0.1, -0.05) is 26.0 Å². The Morgan fingerprint density at radius 3 is 2.50 bits per heavy atom. The number of nitrogens with two attached hydrogens (primary N) is 1. The van der Waals surface area contributed by atoms with Gasteiger partial charge in [0.1, 0.15) is 23.5 Å². The quantitative estimate of drug-likeness (QED) is 0.763. The molecule has 1 saturated heterocycles. The van der Waals surface area contributed by atoms with Crippen LogP contribution in [0.25, 0.3) is 0 Å². The highest BCUT2D eigenvalue weighted by Crippen LogP contribution is 2.37. The summed E-state index contributed by atoms with van der Waals surface area (Å²) in [4.78, 5) is 20.3. The van der Waals surface area contributed by atoms with E-state index in [1.165, 1.54) is 16.7 Å². The first kappa shape index (κ1) is 25.1. The van der Waals surface area contributed by atoms with Crippen LogP contribution >= 0.6 is 0 Å². The predicted octanol–water partition coefficient (Wildman–Crippen LogP) is 4.18. The van der Waals surface area contributed by atoms with Gasteiger partial charge in [-0.2, -0.15) is 18.4 Å². The molecule has 6 nitrogen and oxygen atoms in total. The van der Waals surface area contributed by atoms with Gasteiger partial charge >= 0.3 is 6.18 Å². The Hall–Kier alpha value is -3.12.